The van der Waals surface area contributed by atoms with Crippen molar-refractivity contribution in [1.82, 2.24) is 57.5 Å². The summed E-state index contributed by atoms with van der Waals surface area (Å²) in [6, 6.07) is 10.2. The molecular weight excluding hydrogens is 1060 g/mol. The third-order valence-electron chi connectivity index (χ3n) is 12.2. The number of amides is 9. The van der Waals surface area contributed by atoms with Crippen LogP contribution in [0.2, 0.25) is 0 Å². The van der Waals surface area contributed by atoms with Crippen LogP contribution in [0.1, 0.15) is 49.4 Å². The lowest BCUT2D eigenvalue weighted by Crippen LogP contribution is -2.60. The molecule has 0 aliphatic heterocycles. The van der Waals surface area contributed by atoms with Crippen LogP contribution in [0.25, 0.3) is 21.7 Å². The van der Waals surface area contributed by atoms with E-state index in [1.54, 1.807) is 36.5 Å². The molecule has 5 rings (SSSR count). The molecule has 7 atom stereocenters. The van der Waals surface area contributed by atoms with Crippen molar-refractivity contribution in [2.45, 2.75) is 94.2 Å². The van der Waals surface area contributed by atoms with Crippen molar-refractivity contribution >= 4 is 112 Å². The van der Waals surface area contributed by atoms with Crippen molar-refractivity contribution in [1.29, 1.82) is 0 Å². The number of benzene rings is 3. The molecule has 422 valence electrons. The van der Waals surface area contributed by atoms with Gasteiger partial charge in [0.25, 0.3) is 0 Å². The number of carboxylic acids is 1. The Morgan fingerprint density at radius 1 is 0.633 bits per heavy atom. The van der Waals surface area contributed by atoms with Gasteiger partial charge in [0.1, 0.15) is 42.3 Å². The largest absolute Gasteiger partial charge is 0.481 e. The van der Waals surface area contributed by atoms with Gasteiger partial charge in [0, 0.05) is 79.6 Å². The number of nitrogens with two attached hydrogens (primary N) is 3. The van der Waals surface area contributed by atoms with E-state index in [0.29, 0.717) is 16.8 Å². The zero-order chi connectivity index (χ0) is 57.6. The summed E-state index contributed by atoms with van der Waals surface area (Å²) in [5.41, 5.74) is 18.8. The van der Waals surface area contributed by atoms with Crippen molar-refractivity contribution < 1.29 is 53.1 Å². The highest BCUT2D eigenvalue weighted by Gasteiger charge is 2.34. The number of carboxylic acid groups (broad SMARTS) is 1. The molecule has 9 amide bonds. The van der Waals surface area contributed by atoms with E-state index in [4.69, 9.17) is 17.2 Å². The van der Waals surface area contributed by atoms with Gasteiger partial charge in [-0.3, -0.25) is 52.9 Å². The maximum Gasteiger partial charge on any atom is 0.303 e. The number of imidazole rings is 1. The zero-order valence-electron chi connectivity index (χ0n) is 43.0. The van der Waals surface area contributed by atoms with Gasteiger partial charge in [-0.05, 0) is 47.2 Å². The van der Waals surface area contributed by atoms with Crippen LogP contribution in [-0.4, -0.2) is 152 Å². The molecule has 26 nitrogen and oxygen atoms in total. The topological polar surface area (TPSA) is 422 Å². The Kier molecular flexibility index (Phi) is 23.5. The summed E-state index contributed by atoms with van der Waals surface area (Å²) in [6.07, 6.45) is 2.78. The number of aliphatic carboxylic acids is 1. The first-order valence-electron chi connectivity index (χ1n) is 24.9. The minimum Gasteiger partial charge on any atom is -0.481 e. The first kappa shape index (κ1) is 61.2. The number of hydrogen-bond acceptors (Lipinski definition) is 14. The van der Waals surface area contributed by atoms with E-state index in [9.17, 15) is 53.1 Å². The Labute approximate surface area is 464 Å². The minimum absolute atomic E-state index is 0.0115. The summed E-state index contributed by atoms with van der Waals surface area (Å²) in [4.78, 5) is 148. The average molecular weight is 1130 g/mol. The summed E-state index contributed by atoms with van der Waals surface area (Å²) >= 11 is 8.15. The van der Waals surface area contributed by atoms with E-state index in [2.05, 4.69) is 87.7 Å². The highest BCUT2D eigenvalue weighted by Crippen LogP contribution is 2.20. The van der Waals surface area contributed by atoms with Crippen molar-refractivity contribution in [3.8, 4) is 0 Å². The van der Waals surface area contributed by atoms with E-state index >= 15 is 0 Å². The molecule has 5 aromatic rings. The molecule has 79 heavy (non-hydrogen) atoms. The number of primary amides is 1. The predicted molar refractivity (Wildman–Crippen MR) is 298 cm³/mol. The number of hydrogen-bond donors (Lipinski definition) is 16. The second-order valence-electron chi connectivity index (χ2n) is 18.3. The van der Waals surface area contributed by atoms with E-state index in [0.717, 1.165) is 21.7 Å². The minimum atomic E-state index is -1.54. The van der Waals surface area contributed by atoms with Crippen molar-refractivity contribution in [3.05, 3.63) is 102 Å². The Bertz CT molecular complexity index is 3010. The van der Waals surface area contributed by atoms with Crippen LogP contribution >= 0.6 is 25.3 Å². The number of aliphatic imine (C=N–C) groups is 1. The number of guanidine groups is 1. The Morgan fingerprint density at radius 2 is 1.22 bits per heavy atom. The number of fused-ring (bicyclic) bond motifs is 2. The van der Waals surface area contributed by atoms with E-state index in [1.807, 2.05) is 36.4 Å². The molecular formula is C51H65N15O11S2. The summed E-state index contributed by atoms with van der Waals surface area (Å²) in [5, 5.41) is 32.4. The second kappa shape index (κ2) is 30.3. The van der Waals surface area contributed by atoms with Crippen LogP contribution < -0.4 is 59.7 Å². The lowest BCUT2D eigenvalue weighted by Gasteiger charge is -2.27. The summed E-state index contributed by atoms with van der Waals surface area (Å²) in [6.45, 7) is 0.555. The summed E-state index contributed by atoms with van der Waals surface area (Å²) in [5.74, 6) is -9.35. The molecule has 0 spiro atoms. The number of H-pyrrole nitrogens is 2. The SMILES string of the molecule is CC(=O)N[C@@H](CS)C(=O)N[C@@H](CCC(=O)O)C(=O)N[C@@H](Cc1cnc[nH]1)C(=O)N[C@H](Cc1ccc2ccccc2c1)C(=O)N[C@@H](CCCN=C(N)N)C(=O)N[C@@H](Cc1c[nH]c2ccccc12)C(=O)NCC(=O)N[C@@H](CS)C(N)=O. The van der Waals surface area contributed by atoms with E-state index < -0.39 is 121 Å². The number of carbonyl (C=O) groups is 10. The summed E-state index contributed by atoms with van der Waals surface area (Å²) in [7, 11) is 0. The van der Waals surface area contributed by atoms with Crippen molar-refractivity contribution in [3.63, 3.8) is 0 Å². The molecule has 0 saturated carbocycles. The second-order valence-corrected chi connectivity index (χ2v) is 19.0. The van der Waals surface area contributed by atoms with Crippen LogP contribution in [0.4, 0.5) is 0 Å². The van der Waals surface area contributed by atoms with Crippen LogP contribution in [0.5, 0.6) is 0 Å². The number of nitrogens with one attached hydrogen (secondary N) is 10. The van der Waals surface area contributed by atoms with Gasteiger partial charge in [-0.15, -0.1) is 0 Å². The van der Waals surface area contributed by atoms with Gasteiger partial charge in [-0.2, -0.15) is 25.3 Å². The number of nitrogens with zero attached hydrogens (tertiary/aromatic N) is 2. The molecule has 3 aromatic carbocycles. The number of thiol groups is 2. The standard InChI is InChI=1S/C51H65N15O11S2/c1-27(67)60-41(25-79)50(77)63-36(14-15-43(69)70)47(74)66-39(20-32-22-55-26-59-32)49(76)64-37(18-28-12-13-29-7-2-3-8-30(29)17-28)48(75)62-35(11-6-16-56-51(53)54)46(73)65-38(19-31-21-57-34-10-5-4-9-33(31)34)45(72)58-23-42(68)61-40(24-78)44(52)71/h2-5,7-10,12-13,17,21-22,26,35-41,57,78-79H,6,11,14-16,18-20,23-25H2,1H3,(H2,52,71)(H,55,59)(H,58,72)(H,60,67)(H,61,68)(H,62,75)(H,63,77)(H,64,76)(H,65,73)(H,66,74)(H,69,70)(H4,53,54,56)/t35-,36-,37+,38-,39-,40-,41-/m0/s1. The number of aromatic nitrogens is 3. The smallest absolute Gasteiger partial charge is 0.303 e. The molecule has 0 aliphatic carbocycles. The van der Waals surface area contributed by atoms with E-state index in [1.165, 1.54) is 19.4 Å². The van der Waals surface area contributed by atoms with Crippen LogP contribution in [0, 0.1) is 0 Å². The number of aromatic amines is 2. The van der Waals surface area contributed by atoms with Gasteiger partial charge < -0.3 is 74.8 Å². The fourth-order valence-electron chi connectivity index (χ4n) is 8.22. The number of rotatable bonds is 31. The third-order valence-corrected chi connectivity index (χ3v) is 13.0. The average Bonchev–Trinajstić information content (AvgIpc) is 4.14. The third kappa shape index (κ3) is 19.4. The predicted octanol–water partition coefficient (Wildman–Crippen LogP) is -2.13. The molecule has 0 radical (unpaired) electrons. The van der Waals surface area contributed by atoms with Crippen molar-refractivity contribution in [2.24, 2.45) is 22.2 Å². The van der Waals surface area contributed by atoms with E-state index in [-0.39, 0.29) is 56.1 Å². The fourth-order valence-corrected chi connectivity index (χ4v) is 8.75. The van der Waals surface area contributed by atoms with Gasteiger partial charge in [0.15, 0.2) is 5.96 Å². The van der Waals surface area contributed by atoms with Gasteiger partial charge >= 0.3 is 5.97 Å². The lowest BCUT2D eigenvalue weighted by molar-refractivity contribution is -0.138. The molecule has 17 N–H and O–H groups in total. The molecule has 0 aliphatic rings. The molecule has 0 bridgehead atoms. The van der Waals surface area contributed by atoms with Gasteiger partial charge in [-0.25, -0.2) is 4.98 Å². The van der Waals surface area contributed by atoms with Crippen LogP contribution in [-0.2, 0) is 67.2 Å². The number of para-hydroxylation sites is 1. The number of carbonyl (C=O) groups excluding carboxylic acids is 9. The van der Waals surface area contributed by atoms with Crippen LogP contribution in [0.3, 0.4) is 0 Å². The molecule has 28 heteroatoms. The fraction of sp³-hybridized carbons (Fsp3) is 0.373. The Balaban J connectivity index is 1.48. The highest BCUT2D eigenvalue weighted by atomic mass is 32.1. The zero-order valence-corrected chi connectivity index (χ0v) is 44.7. The molecule has 0 unspecified atom stereocenters. The van der Waals surface area contributed by atoms with Gasteiger partial charge in [0.05, 0.1) is 12.9 Å². The lowest BCUT2D eigenvalue weighted by atomic mass is 9.99. The Hall–Kier alpha value is -8.66. The first-order chi connectivity index (χ1) is 37.7. The monoisotopic (exact) mass is 1130 g/mol. The first-order valence-corrected chi connectivity index (χ1v) is 26.2. The Morgan fingerprint density at radius 3 is 1.82 bits per heavy atom. The molecule has 2 heterocycles. The molecule has 0 saturated heterocycles. The summed E-state index contributed by atoms with van der Waals surface area (Å²) < 4.78 is 0. The van der Waals surface area contributed by atoms with Crippen LogP contribution in [0.15, 0.2) is 90.4 Å². The molecule has 2 aromatic heterocycles. The highest BCUT2D eigenvalue weighted by molar-refractivity contribution is 7.80. The maximum absolute atomic E-state index is 14.9. The quantitative estimate of drug-likeness (QED) is 0.00976. The normalized spacial score (nSPS) is 13.7. The van der Waals surface area contributed by atoms with Gasteiger partial charge in [0.2, 0.25) is 53.2 Å². The maximum atomic E-state index is 14.9. The van der Waals surface area contributed by atoms with Crippen molar-refractivity contribution in [2.75, 3.05) is 24.6 Å². The van der Waals surface area contributed by atoms with Gasteiger partial charge in [-0.1, -0.05) is 60.7 Å². The molecule has 0 fully saturated rings.